The van der Waals surface area contributed by atoms with E-state index in [1.807, 2.05) is 36.4 Å². The van der Waals surface area contributed by atoms with Crippen LogP contribution in [0.2, 0.25) is 5.02 Å². The van der Waals surface area contributed by atoms with Crippen molar-refractivity contribution in [2.45, 2.75) is 18.4 Å². The minimum Gasteiger partial charge on any atom is -0.375 e. The van der Waals surface area contributed by atoms with Gasteiger partial charge in [-0.25, -0.2) is 0 Å². The highest BCUT2D eigenvalue weighted by molar-refractivity contribution is 9.10. The molecule has 0 saturated heterocycles. The smallest absolute Gasteiger partial charge is 0.264 e. The lowest BCUT2D eigenvalue weighted by atomic mass is 9.88. The average molecular weight is 485 g/mol. The number of halogens is 2. The molecule has 0 aromatic heterocycles. The topological polar surface area (TPSA) is 57.6 Å². The molecule has 0 spiro atoms. The van der Waals surface area contributed by atoms with Gasteiger partial charge < -0.3 is 10.0 Å². The molecule has 1 amide bonds. The van der Waals surface area contributed by atoms with Crippen LogP contribution in [0.5, 0.6) is 0 Å². The van der Waals surface area contributed by atoms with Gasteiger partial charge in [0.2, 0.25) is 0 Å². The fourth-order valence-electron chi connectivity index (χ4n) is 3.82. The molecule has 1 aliphatic rings. The first kappa shape index (κ1) is 20.8. The number of hydrogen-bond acceptors (Lipinski definition) is 3. The summed E-state index contributed by atoms with van der Waals surface area (Å²) in [5.41, 5.74) is 0.488. The quantitative estimate of drug-likeness (QED) is 0.492. The Bertz CT molecular complexity index is 1120. The molecule has 0 bridgehead atoms. The molecule has 6 heteroatoms. The molecular formula is C24H19BrClNO3. The molecule has 3 aromatic carbocycles. The Labute approximate surface area is 188 Å². The van der Waals surface area contributed by atoms with Crippen molar-refractivity contribution in [3.63, 3.8) is 0 Å². The van der Waals surface area contributed by atoms with Crippen molar-refractivity contribution in [1.82, 2.24) is 0 Å². The molecule has 152 valence electrons. The van der Waals surface area contributed by atoms with Crippen molar-refractivity contribution >= 4 is 44.9 Å². The maximum absolute atomic E-state index is 13.3. The predicted molar refractivity (Wildman–Crippen MR) is 121 cm³/mol. The van der Waals surface area contributed by atoms with Crippen LogP contribution in [0.4, 0.5) is 5.69 Å². The lowest BCUT2D eigenvalue weighted by Gasteiger charge is -2.23. The van der Waals surface area contributed by atoms with Gasteiger partial charge in [0.25, 0.3) is 5.91 Å². The van der Waals surface area contributed by atoms with E-state index < -0.39 is 11.5 Å². The van der Waals surface area contributed by atoms with E-state index in [0.29, 0.717) is 34.8 Å². The van der Waals surface area contributed by atoms with E-state index >= 15 is 0 Å². The number of carbonyl (C=O) groups excluding carboxylic acids is 2. The number of benzene rings is 3. The number of aliphatic hydroxyl groups is 1. The van der Waals surface area contributed by atoms with Crippen molar-refractivity contribution in [3.8, 4) is 0 Å². The summed E-state index contributed by atoms with van der Waals surface area (Å²) < 4.78 is 0.725. The maximum atomic E-state index is 13.3. The number of anilines is 1. The molecular weight excluding hydrogens is 466 g/mol. The van der Waals surface area contributed by atoms with Crippen LogP contribution in [0.3, 0.4) is 0 Å². The van der Waals surface area contributed by atoms with E-state index in [4.69, 9.17) is 11.6 Å². The van der Waals surface area contributed by atoms with Crippen molar-refractivity contribution in [2.24, 2.45) is 0 Å². The van der Waals surface area contributed by atoms with E-state index in [1.165, 1.54) is 0 Å². The van der Waals surface area contributed by atoms with E-state index in [-0.39, 0.29) is 12.2 Å². The highest BCUT2D eigenvalue weighted by atomic mass is 79.9. The minimum atomic E-state index is -1.94. The zero-order chi connectivity index (χ0) is 21.3. The van der Waals surface area contributed by atoms with Gasteiger partial charge in [0.05, 0.1) is 17.1 Å². The van der Waals surface area contributed by atoms with E-state index in [1.54, 1.807) is 41.3 Å². The summed E-state index contributed by atoms with van der Waals surface area (Å²) in [6, 6.07) is 21.8. The first-order chi connectivity index (χ1) is 14.4. The van der Waals surface area contributed by atoms with Crippen LogP contribution in [0.1, 0.15) is 27.9 Å². The standard InChI is InChI=1S/C24H19BrClNO3/c25-17-10-11-21-19(14-17)24(30,15-22(28)18-8-4-5-9-20(18)26)23(29)27(21)13-12-16-6-2-1-3-7-16/h1-11,14,30H,12-13,15H2. The summed E-state index contributed by atoms with van der Waals surface area (Å²) in [6.07, 6.45) is 0.261. The van der Waals surface area contributed by atoms with Crippen molar-refractivity contribution in [3.05, 3.63) is 99.0 Å². The van der Waals surface area contributed by atoms with Gasteiger partial charge in [-0.1, -0.05) is 70.0 Å². The Balaban J connectivity index is 1.66. The maximum Gasteiger partial charge on any atom is 0.264 e. The zero-order valence-corrected chi connectivity index (χ0v) is 18.4. The lowest BCUT2D eigenvalue weighted by Crippen LogP contribution is -2.42. The second-order valence-corrected chi connectivity index (χ2v) is 8.62. The Morgan fingerprint density at radius 1 is 1.03 bits per heavy atom. The molecule has 1 atom stereocenters. The van der Waals surface area contributed by atoms with Gasteiger partial charge in [0.15, 0.2) is 11.4 Å². The number of carbonyl (C=O) groups is 2. The number of amides is 1. The van der Waals surface area contributed by atoms with Crippen LogP contribution in [-0.4, -0.2) is 23.3 Å². The molecule has 3 aromatic rings. The van der Waals surface area contributed by atoms with Gasteiger partial charge in [-0.2, -0.15) is 0 Å². The summed E-state index contributed by atoms with van der Waals surface area (Å²) in [7, 11) is 0. The summed E-state index contributed by atoms with van der Waals surface area (Å²) in [5, 5.41) is 11.7. The van der Waals surface area contributed by atoms with Crippen molar-refractivity contribution in [1.29, 1.82) is 0 Å². The molecule has 0 saturated carbocycles. The van der Waals surface area contributed by atoms with Gasteiger partial charge >= 0.3 is 0 Å². The van der Waals surface area contributed by atoms with Gasteiger partial charge in [-0.05, 0) is 42.3 Å². The fraction of sp³-hybridized carbons (Fsp3) is 0.167. The molecule has 30 heavy (non-hydrogen) atoms. The third-order valence-electron chi connectivity index (χ3n) is 5.35. The SMILES string of the molecule is O=C(CC1(O)C(=O)N(CCc2ccccc2)c2ccc(Br)cc21)c1ccccc1Cl. The number of ketones is 1. The Kier molecular flexibility index (Phi) is 5.78. The summed E-state index contributed by atoms with van der Waals surface area (Å²) in [5.74, 6) is -0.876. The molecule has 4 rings (SSSR count). The van der Waals surface area contributed by atoms with Crippen molar-refractivity contribution in [2.75, 3.05) is 11.4 Å². The highest BCUT2D eigenvalue weighted by Gasteiger charge is 2.51. The highest BCUT2D eigenvalue weighted by Crippen LogP contribution is 2.44. The fourth-order valence-corrected chi connectivity index (χ4v) is 4.42. The Morgan fingerprint density at radius 2 is 1.73 bits per heavy atom. The number of rotatable bonds is 6. The third kappa shape index (κ3) is 3.81. The molecule has 1 heterocycles. The molecule has 4 nitrogen and oxygen atoms in total. The summed E-state index contributed by atoms with van der Waals surface area (Å²) in [6.45, 7) is 0.403. The van der Waals surface area contributed by atoms with Gasteiger partial charge in [-0.15, -0.1) is 0 Å². The Morgan fingerprint density at radius 3 is 2.47 bits per heavy atom. The van der Waals surface area contributed by atoms with Gasteiger partial charge in [-0.3, -0.25) is 9.59 Å². The average Bonchev–Trinajstić information content (AvgIpc) is 2.94. The molecule has 0 radical (unpaired) electrons. The zero-order valence-electron chi connectivity index (χ0n) is 16.0. The van der Waals surface area contributed by atoms with Gasteiger partial charge in [0.1, 0.15) is 0 Å². The van der Waals surface area contributed by atoms with E-state index in [2.05, 4.69) is 15.9 Å². The molecule has 0 fully saturated rings. The molecule has 0 aliphatic carbocycles. The number of nitrogens with zero attached hydrogens (tertiary/aromatic N) is 1. The molecule has 1 N–H and O–H groups in total. The van der Waals surface area contributed by atoms with Crippen LogP contribution in [-0.2, 0) is 16.8 Å². The van der Waals surface area contributed by atoms with Crippen molar-refractivity contribution < 1.29 is 14.7 Å². The van der Waals surface area contributed by atoms with Crippen LogP contribution in [0.25, 0.3) is 0 Å². The largest absolute Gasteiger partial charge is 0.375 e. The number of fused-ring (bicyclic) bond motifs is 1. The number of Topliss-reactive ketones (excluding diaryl/α,β-unsaturated/α-hetero) is 1. The molecule has 1 aliphatic heterocycles. The molecule has 1 unspecified atom stereocenters. The van der Waals surface area contributed by atoms with Crippen LogP contribution in [0.15, 0.2) is 77.3 Å². The monoisotopic (exact) mass is 483 g/mol. The van der Waals surface area contributed by atoms with E-state index in [9.17, 15) is 14.7 Å². The lowest BCUT2D eigenvalue weighted by molar-refractivity contribution is -0.135. The summed E-state index contributed by atoms with van der Waals surface area (Å²) in [4.78, 5) is 27.8. The first-order valence-electron chi connectivity index (χ1n) is 9.56. The number of hydrogen-bond donors (Lipinski definition) is 1. The summed E-state index contributed by atoms with van der Waals surface area (Å²) >= 11 is 9.56. The van der Waals surface area contributed by atoms with Crippen LogP contribution < -0.4 is 4.90 Å². The predicted octanol–water partition coefficient (Wildman–Crippen LogP) is 5.15. The second kappa shape index (κ2) is 8.34. The van der Waals surface area contributed by atoms with Crippen LogP contribution >= 0.6 is 27.5 Å². The normalized spacial score (nSPS) is 17.8. The first-order valence-corrected chi connectivity index (χ1v) is 10.7. The third-order valence-corrected chi connectivity index (χ3v) is 6.17. The Hall–Kier alpha value is -2.47. The van der Waals surface area contributed by atoms with Crippen LogP contribution in [0, 0.1) is 0 Å². The van der Waals surface area contributed by atoms with Gasteiger partial charge in [0, 0.05) is 22.1 Å². The van der Waals surface area contributed by atoms with E-state index in [0.717, 1.165) is 10.0 Å². The minimum absolute atomic E-state index is 0.291. The second-order valence-electron chi connectivity index (χ2n) is 7.29.